The number of ether oxygens (including phenoxy) is 1. The molecule has 0 saturated carbocycles. The predicted molar refractivity (Wildman–Crippen MR) is 102 cm³/mol. The molecule has 0 fully saturated rings. The fourth-order valence-electron chi connectivity index (χ4n) is 2.74. The Morgan fingerprint density at radius 1 is 1.22 bits per heavy atom. The zero-order valence-electron chi connectivity index (χ0n) is 15.1. The number of amides is 1. The second-order valence-corrected chi connectivity index (χ2v) is 5.94. The van der Waals surface area contributed by atoms with Gasteiger partial charge in [-0.25, -0.2) is 9.97 Å². The quantitative estimate of drug-likeness (QED) is 0.753. The molecule has 0 bridgehead atoms. The van der Waals surface area contributed by atoms with E-state index < -0.39 is 0 Å². The first-order valence-electron chi connectivity index (χ1n) is 8.36. The highest BCUT2D eigenvalue weighted by Crippen LogP contribution is 2.25. The van der Waals surface area contributed by atoms with Crippen molar-refractivity contribution in [2.45, 2.75) is 13.3 Å². The molecule has 1 heterocycles. The predicted octanol–water partition coefficient (Wildman–Crippen LogP) is 3.57. The largest absolute Gasteiger partial charge is 0.495 e. The minimum Gasteiger partial charge on any atom is -0.495 e. The maximum atomic E-state index is 11.2. The first kappa shape index (κ1) is 18.1. The van der Waals surface area contributed by atoms with E-state index in [0.29, 0.717) is 23.6 Å². The summed E-state index contributed by atoms with van der Waals surface area (Å²) in [6.45, 7) is 1.48. The summed E-state index contributed by atoms with van der Waals surface area (Å²) in [5, 5.41) is 12.0. The molecule has 6 heteroatoms. The van der Waals surface area contributed by atoms with E-state index in [9.17, 15) is 10.1 Å². The molecule has 27 heavy (non-hydrogen) atoms. The van der Waals surface area contributed by atoms with E-state index in [1.54, 1.807) is 24.4 Å². The highest BCUT2D eigenvalue weighted by molar-refractivity contribution is 5.88. The third kappa shape index (κ3) is 4.47. The molecule has 0 spiro atoms. The van der Waals surface area contributed by atoms with Crippen LogP contribution in [0.1, 0.15) is 23.9 Å². The summed E-state index contributed by atoms with van der Waals surface area (Å²) in [5.74, 6) is 1.07. The highest BCUT2D eigenvalue weighted by Gasteiger charge is 2.08. The molecule has 1 amide bonds. The summed E-state index contributed by atoms with van der Waals surface area (Å²) < 4.78 is 5.18. The van der Waals surface area contributed by atoms with Crippen molar-refractivity contribution < 1.29 is 9.53 Å². The molecule has 0 radical (unpaired) electrons. The van der Waals surface area contributed by atoms with Gasteiger partial charge in [-0.1, -0.05) is 12.1 Å². The molecule has 6 nitrogen and oxygen atoms in total. The first-order valence-corrected chi connectivity index (χ1v) is 8.36. The van der Waals surface area contributed by atoms with Gasteiger partial charge in [-0.15, -0.1) is 0 Å². The van der Waals surface area contributed by atoms with Gasteiger partial charge in [0, 0.05) is 30.8 Å². The van der Waals surface area contributed by atoms with Crippen molar-refractivity contribution >= 4 is 11.6 Å². The number of aromatic nitrogens is 2. The van der Waals surface area contributed by atoms with Crippen LogP contribution in [0.15, 0.2) is 54.7 Å². The van der Waals surface area contributed by atoms with Crippen LogP contribution in [0.4, 0.5) is 5.69 Å². The third-order valence-corrected chi connectivity index (χ3v) is 3.93. The van der Waals surface area contributed by atoms with Crippen LogP contribution in [0.3, 0.4) is 0 Å². The van der Waals surface area contributed by atoms with Gasteiger partial charge in [0.15, 0.2) is 0 Å². The number of anilines is 1. The van der Waals surface area contributed by atoms with Crippen LogP contribution in [0, 0.1) is 11.3 Å². The van der Waals surface area contributed by atoms with Gasteiger partial charge < -0.3 is 10.1 Å². The number of hydrogen-bond acceptors (Lipinski definition) is 5. The van der Waals surface area contributed by atoms with Crippen LogP contribution in [-0.2, 0) is 11.2 Å². The summed E-state index contributed by atoms with van der Waals surface area (Å²) in [5.41, 5.74) is 3.74. The molecule has 3 aromatic rings. The van der Waals surface area contributed by atoms with Crippen molar-refractivity contribution in [3.63, 3.8) is 0 Å². The number of nitriles is 1. The molecular formula is C21H18N4O2. The lowest BCUT2D eigenvalue weighted by molar-refractivity contribution is -0.114. The Labute approximate surface area is 157 Å². The molecule has 2 aromatic carbocycles. The second-order valence-electron chi connectivity index (χ2n) is 5.94. The SMILES string of the molecule is COc1ccc(-c2ccnc(Cc3cccc(NC(C)=O)c3)n2)cc1C#N. The Balaban J connectivity index is 1.86. The van der Waals surface area contributed by atoms with E-state index in [1.807, 2.05) is 30.3 Å². The molecule has 0 unspecified atom stereocenters. The number of nitrogens with one attached hydrogen (secondary N) is 1. The first-order chi connectivity index (χ1) is 13.1. The van der Waals surface area contributed by atoms with E-state index >= 15 is 0 Å². The van der Waals surface area contributed by atoms with E-state index in [2.05, 4.69) is 21.4 Å². The summed E-state index contributed by atoms with van der Waals surface area (Å²) in [6, 6.07) is 16.9. The second kappa shape index (κ2) is 8.11. The molecule has 0 saturated heterocycles. The fraction of sp³-hybridized carbons (Fsp3) is 0.143. The standard InChI is InChI=1S/C21H18N4O2/c1-14(26)24-18-5-3-4-15(10-18)11-21-23-9-8-19(25-21)16-6-7-20(27-2)17(12-16)13-22/h3-10,12H,11H2,1-2H3,(H,24,26). The minimum atomic E-state index is -0.113. The minimum absolute atomic E-state index is 0.113. The van der Waals surface area contributed by atoms with Crippen molar-refractivity contribution in [3.05, 3.63) is 71.7 Å². The monoisotopic (exact) mass is 358 g/mol. The van der Waals surface area contributed by atoms with Crippen LogP contribution in [0.5, 0.6) is 5.75 Å². The Hall–Kier alpha value is -3.72. The smallest absolute Gasteiger partial charge is 0.221 e. The Kier molecular flexibility index (Phi) is 5.43. The van der Waals surface area contributed by atoms with Gasteiger partial charge in [0.05, 0.1) is 18.4 Å². The van der Waals surface area contributed by atoms with Gasteiger partial charge in [-0.2, -0.15) is 5.26 Å². The lowest BCUT2D eigenvalue weighted by atomic mass is 10.1. The average molecular weight is 358 g/mol. The van der Waals surface area contributed by atoms with Crippen LogP contribution < -0.4 is 10.1 Å². The Morgan fingerprint density at radius 3 is 2.81 bits per heavy atom. The van der Waals surface area contributed by atoms with Crippen LogP contribution in [0.2, 0.25) is 0 Å². The maximum absolute atomic E-state index is 11.2. The van der Waals surface area contributed by atoms with E-state index in [4.69, 9.17) is 4.74 Å². The fourth-order valence-corrected chi connectivity index (χ4v) is 2.74. The van der Waals surface area contributed by atoms with Crippen molar-refractivity contribution in [2.24, 2.45) is 0 Å². The van der Waals surface area contributed by atoms with Crippen molar-refractivity contribution in [2.75, 3.05) is 12.4 Å². The van der Waals surface area contributed by atoms with Gasteiger partial charge in [0.25, 0.3) is 0 Å². The van der Waals surface area contributed by atoms with Gasteiger partial charge >= 0.3 is 0 Å². The number of hydrogen-bond donors (Lipinski definition) is 1. The normalized spacial score (nSPS) is 10.1. The average Bonchev–Trinajstić information content (AvgIpc) is 2.67. The molecule has 1 aromatic heterocycles. The number of benzene rings is 2. The van der Waals surface area contributed by atoms with Crippen LogP contribution in [-0.4, -0.2) is 23.0 Å². The lowest BCUT2D eigenvalue weighted by Gasteiger charge is -2.08. The molecule has 3 rings (SSSR count). The van der Waals surface area contributed by atoms with Gasteiger partial charge in [-0.3, -0.25) is 4.79 Å². The van der Waals surface area contributed by atoms with E-state index in [0.717, 1.165) is 22.5 Å². The van der Waals surface area contributed by atoms with Crippen LogP contribution >= 0.6 is 0 Å². The summed E-state index contributed by atoms with van der Waals surface area (Å²) in [4.78, 5) is 20.2. The third-order valence-electron chi connectivity index (χ3n) is 3.93. The van der Waals surface area contributed by atoms with Crippen LogP contribution in [0.25, 0.3) is 11.3 Å². The summed E-state index contributed by atoms with van der Waals surface area (Å²) in [6.07, 6.45) is 2.23. The molecule has 1 N–H and O–H groups in total. The molecule has 0 atom stereocenters. The summed E-state index contributed by atoms with van der Waals surface area (Å²) in [7, 11) is 1.54. The maximum Gasteiger partial charge on any atom is 0.221 e. The van der Waals surface area contributed by atoms with E-state index in [-0.39, 0.29) is 5.91 Å². The number of nitrogens with zero attached hydrogens (tertiary/aromatic N) is 3. The van der Waals surface area contributed by atoms with Gasteiger partial charge in [-0.05, 0) is 42.0 Å². The van der Waals surface area contributed by atoms with Gasteiger partial charge in [0.2, 0.25) is 5.91 Å². The lowest BCUT2D eigenvalue weighted by Crippen LogP contribution is -2.06. The van der Waals surface area contributed by atoms with Gasteiger partial charge in [0.1, 0.15) is 17.6 Å². The zero-order chi connectivity index (χ0) is 19.2. The molecule has 134 valence electrons. The number of carbonyl (C=O) groups is 1. The molecule has 0 aliphatic carbocycles. The number of carbonyl (C=O) groups excluding carboxylic acids is 1. The highest BCUT2D eigenvalue weighted by atomic mass is 16.5. The molecular weight excluding hydrogens is 340 g/mol. The zero-order valence-corrected chi connectivity index (χ0v) is 15.1. The van der Waals surface area contributed by atoms with Crippen molar-refractivity contribution in [3.8, 4) is 23.1 Å². The Morgan fingerprint density at radius 2 is 2.07 bits per heavy atom. The number of rotatable bonds is 5. The number of methoxy groups -OCH3 is 1. The van der Waals surface area contributed by atoms with E-state index in [1.165, 1.54) is 14.0 Å². The van der Waals surface area contributed by atoms with Crippen molar-refractivity contribution in [1.29, 1.82) is 5.26 Å². The topological polar surface area (TPSA) is 87.9 Å². The van der Waals surface area contributed by atoms with Crippen molar-refractivity contribution in [1.82, 2.24) is 9.97 Å². The molecule has 0 aliphatic rings. The molecule has 0 aliphatic heterocycles. The Bertz CT molecular complexity index is 1020. The summed E-state index contributed by atoms with van der Waals surface area (Å²) >= 11 is 0.